The summed E-state index contributed by atoms with van der Waals surface area (Å²) >= 11 is 6.32. The number of pyridine rings is 1. The first-order valence-electron chi connectivity index (χ1n) is 9.36. The number of halogens is 2. The fourth-order valence-corrected chi connectivity index (χ4v) is 4.62. The molecular weight excluding hydrogens is 369 g/mol. The standard InChI is InChI=1S/C19H23ClFN5O/c1-11(14-9-12-8-13(20)2-3-15(12)25-19(14)27)24-18-17(21)16(4-5-23-18)26-7-6-22-10-26/h4-7,10-15H,2-3,8-9H2,1H3,(H,23,24)(H,25,27)/t11-,12?,13?,14?,15?/m0/s1. The van der Waals surface area contributed by atoms with Crippen molar-refractivity contribution in [3.63, 3.8) is 0 Å². The lowest BCUT2D eigenvalue weighted by Crippen LogP contribution is -2.55. The Morgan fingerprint density at radius 1 is 1.37 bits per heavy atom. The molecule has 3 heterocycles. The van der Waals surface area contributed by atoms with Gasteiger partial charge in [0.2, 0.25) is 5.91 Å². The zero-order chi connectivity index (χ0) is 19.0. The third-order valence-electron chi connectivity index (χ3n) is 5.76. The second-order valence-electron chi connectivity index (χ2n) is 7.52. The van der Waals surface area contributed by atoms with Gasteiger partial charge in [0, 0.05) is 36.1 Å². The van der Waals surface area contributed by atoms with Crippen LogP contribution in [0.1, 0.15) is 32.6 Å². The van der Waals surface area contributed by atoms with E-state index in [2.05, 4.69) is 20.6 Å². The SMILES string of the molecule is C[C@H](Nc1nccc(-n2ccnc2)c1F)C1CC2CC(Cl)CCC2NC1=O. The highest BCUT2D eigenvalue weighted by Crippen LogP contribution is 2.37. The van der Waals surface area contributed by atoms with Crippen LogP contribution in [0, 0.1) is 17.7 Å². The Bertz CT molecular complexity index is 814. The number of carbonyl (C=O) groups is 1. The van der Waals surface area contributed by atoms with Crippen LogP contribution in [0.5, 0.6) is 0 Å². The number of rotatable bonds is 4. The van der Waals surface area contributed by atoms with Crippen molar-refractivity contribution in [2.75, 3.05) is 5.32 Å². The highest BCUT2D eigenvalue weighted by Gasteiger charge is 2.41. The molecule has 6 nitrogen and oxygen atoms in total. The number of fused-ring (bicyclic) bond motifs is 1. The molecule has 1 amide bonds. The molecule has 1 aliphatic heterocycles. The van der Waals surface area contributed by atoms with Crippen molar-refractivity contribution >= 4 is 23.3 Å². The lowest BCUT2D eigenvalue weighted by Gasteiger charge is -2.42. The van der Waals surface area contributed by atoms with Crippen molar-refractivity contribution in [3.05, 3.63) is 36.8 Å². The van der Waals surface area contributed by atoms with Crippen LogP contribution in [0.25, 0.3) is 5.69 Å². The van der Waals surface area contributed by atoms with Gasteiger partial charge < -0.3 is 15.2 Å². The van der Waals surface area contributed by atoms with Crippen LogP contribution in [-0.2, 0) is 4.79 Å². The van der Waals surface area contributed by atoms with E-state index in [1.807, 2.05) is 6.92 Å². The predicted molar refractivity (Wildman–Crippen MR) is 101 cm³/mol. The second-order valence-corrected chi connectivity index (χ2v) is 8.14. The quantitative estimate of drug-likeness (QED) is 0.785. The molecule has 2 fully saturated rings. The topological polar surface area (TPSA) is 71.8 Å². The molecule has 1 saturated carbocycles. The molecular formula is C19H23ClFN5O. The largest absolute Gasteiger partial charge is 0.364 e. The molecule has 1 aliphatic carbocycles. The summed E-state index contributed by atoms with van der Waals surface area (Å²) < 4.78 is 16.5. The minimum absolute atomic E-state index is 0.0236. The molecule has 144 valence electrons. The molecule has 4 rings (SSSR count). The van der Waals surface area contributed by atoms with Crippen LogP contribution < -0.4 is 10.6 Å². The summed E-state index contributed by atoms with van der Waals surface area (Å²) in [5.41, 5.74) is 0.364. The van der Waals surface area contributed by atoms with Gasteiger partial charge in [0.25, 0.3) is 0 Å². The fraction of sp³-hybridized carbons (Fsp3) is 0.526. The Morgan fingerprint density at radius 2 is 2.22 bits per heavy atom. The Morgan fingerprint density at radius 3 is 3.00 bits per heavy atom. The molecule has 2 aromatic rings. The van der Waals surface area contributed by atoms with E-state index in [0.717, 1.165) is 25.7 Å². The number of nitrogens with one attached hydrogen (secondary N) is 2. The summed E-state index contributed by atoms with van der Waals surface area (Å²) in [6.45, 7) is 1.90. The molecule has 1 saturated heterocycles. The number of carbonyl (C=O) groups excluding carboxylic acids is 1. The number of aromatic nitrogens is 3. The fourth-order valence-electron chi connectivity index (χ4n) is 4.26. The molecule has 2 aliphatic rings. The highest BCUT2D eigenvalue weighted by molar-refractivity contribution is 6.20. The monoisotopic (exact) mass is 391 g/mol. The smallest absolute Gasteiger partial charge is 0.225 e. The Balaban J connectivity index is 1.50. The van der Waals surface area contributed by atoms with Gasteiger partial charge in [0.1, 0.15) is 0 Å². The van der Waals surface area contributed by atoms with Gasteiger partial charge in [0.15, 0.2) is 11.6 Å². The Hall–Kier alpha value is -2.15. The van der Waals surface area contributed by atoms with Crippen molar-refractivity contribution in [2.24, 2.45) is 11.8 Å². The molecule has 5 atom stereocenters. The summed E-state index contributed by atoms with van der Waals surface area (Å²) in [6, 6.07) is 1.56. The number of anilines is 1. The molecule has 0 aromatic carbocycles. The molecule has 0 radical (unpaired) electrons. The van der Waals surface area contributed by atoms with Crippen molar-refractivity contribution in [3.8, 4) is 5.69 Å². The maximum absolute atomic E-state index is 14.9. The molecule has 4 unspecified atom stereocenters. The lowest BCUT2D eigenvalue weighted by molar-refractivity contribution is -0.130. The molecule has 8 heteroatoms. The van der Waals surface area contributed by atoms with Gasteiger partial charge in [-0.05, 0) is 44.6 Å². The zero-order valence-corrected chi connectivity index (χ0v) is 15.9. The van der Waals surface area contributed by atoms with E-state index in [4.69, 9.17) is 11.6 Å². The number of nitrogens with zero attached hydrogens (tertiary/aromatic N) is 3. The molecule has 2 aromatic heterocycles. The first-order chi connectivity index (χ1) is 13.0. The van der Waals surface area contributed by atoms with E-state index in [1.165, 1.54) is 6.33 Å². The third kappa shape index (κ3) is 3.65. The average molecular weight is 392 g/mol. The Labute approximate surface area is 162 Å². The maximum Gasteiger partial charge on any atom is 0.225 e. The van der Waals surface area contributed by atoms with Gasteiger partial charge in [-0.3, -0.25) is 4.79 Å². The number of imidazole rings is 1. The lowest BCUT2D eigenvalue weighted by atomic mass is 9.74. The van der Waals surface area contributed by atoms with E-state index in [0.29, 0.717) is 11.6 Å². The van der Waals surface area contributed by atoms with E-state index in [-0.39, 0.29) is 35.1 Å². The summed E-state index contributed by atoms with van der Waals surface area (Å²) in [5, 5.41) is 6.42. The summed E-state index contributed by atoms with van der Waals surface area (Å²) in [5.74, 6) is -0.164. The molecule has 27 heavy (non-hydrogen) atoms. The molecule has 0 bridgehead atoms. The van der Waals surface area contributed by atoms with E-state index in [1.54, 1.807) is 29.2 Å². The van der Waals surface area contributed by atoms with Gasteiger partial charge in [-0.15, -0.1) is 11.6 Å². The highest BCUT2D eigenvalue weighted by atomic mass is 35.5. The minimum Gasteiger partial charge on any atom is -0.364 e. The second kappa shape index (κ2) is 7.46. The predicted octanol–water partition coefficient (Wildman–Crippen LogP) is 3.12. The zero-order valence-electron chi connectivity index (χ0n) is 15.1. The first-order valence-corrected chi connectivity index (χ1v) is 9.80. The van der Waals surface area contributed by atoms with Crippen LogP contribution in [0.15, 0.2) is 31.0 Å². The van der Waals surface area contributed by atoms with Gasteiger partial charge in [-0.1, -0.05) is 0 Å². The number of hydrogen-bond acceptors (Lipinski definition) is 4. The number of alkyl halides is 1. The number of piperidine rings is 1. The number of amides is 1. The number of hydrogen-bond donors (Lipinski definition) is 2. The van der Waals surface area contributed by atoms with Gasteiger partial charge in [-0.2, -0.15) is 0 Å². The minimum atomic E-state index is -0.463. The van der Waals surface area contributed by atoms with Crippen LogP contribution >= 0.6 is 11.6 Å². The van der Waals surface area contributed by atoms with Crippen LogP contribution in [0.3, 0.4) is 0 Å². The van der Waals surface area contributed by atoms with Crippen LogP contribution in [-0.4, -0.2) is 37.9 Å². The summed E-state index contributed by atoms with van der Waals surface area (Å²) in [7, 11) is 0. The maximum atomic E-state index is 14.9. The first kappa shape index (κ1) is 18.2. The van der Waals surface area contributed by atoms with Crippen molar-refractivity contribution in [1.29, 1.82) is 0 Å². The van der Waals surface area contributed by atoms with Crippen molar-refractivity contribution in [2.45, 2.75) is 50.1 Å². The third-order valence-corrected chi connectivity index (χ3v) is 6.16. The Kier molecular flexibility index (Phi) is 5.04. The van der Waals surface area contributed by atoms with Gasteiger partial charge >= 0.3 is 0 Å². The average Bonchev–Trinajstić information content (AvgIpc) is 3.17. The molecule has 0 spiro atoms. The van der Waals surface area contributed by atoms with E-state index in [9.17, 15) is 9.18 Å². The van der Waals surface area contributed by atoms with E-state index >= 15 is 0 Å². The van der Waals surface area contributed by atoms with Crippen LogP contribution in [0.2, 0.25) is 0 Å². The van der Waals surface area contributed by atoms with Gasteiger partial charge in [0.05, 0.1) is 17.9 Å². The van der Waals surface area contributed by atoms with Crippen molar-refractivity contribution in [1.82, 2.24) is 19.9 Å². The van der Waals surface area contributed by atoms with Gasteiger partial charge in [-0.25, -0.2) is 14.4 Å². The summed E-state index contributed by atoms with van der Waals surface area (Å²) in [4.78, 5) is 20.7. The normalized spacial score (nSPS) is 28.9. The van der Waals surface area contributed by atoms with Crippen LogP contribution in [0.4, 0.5) is 10.2 Å². The molecule has 2 N–H and O–H groups in total. The van der Waals surface area contributed by atoms with E-state index < -0.39 is 5.82 Å². The van der Waals surface area contributed by atoms with Crippen molar-refractivity contribution < 1.29 is 9.18 Å². The summed E-state index contributed by atoms with van der Waals surface area (Å²) in [6.07, 6.45) is 9.89.